The Morgan fingerprint density at radius 3 is 2.48 bits per heavy atom. The number of nitrogens with zero attached hydrogens (tertiary/aromatic N) is 1. The summed E-state index contributed by atoms with van der Waals surface area (Å²) in [6, 6.07) is 14.7. The van der Waals surface area contributed by atoms with Crippen LogP contribution in [0.5, 0.6) is 0 Å². The second-order valence-electron chi connectivity index (χ2n) is 6.83. The Balaban J connectivity index is 1.57. The predicted octanol–water partition coefficient (Wildman–Crippen LogP) is 3.55. The van der Waals surface area contributed by atoms with Gasteiger partial charge in [-0.3, -0.25) is 14.5 Å². The largest absolute Gasteiger partial charge is 0.359 e. The number of carbonyl (C=O) groups excluding carboxylic acids is 2. The molecule has 1 saturated heterocycles. The Morgan fingerprint density at radius 2 is 1.81 bits per heavy atom. The van der Waals surface area contributed by atoms with E-state index in [2.05, 4.69) is 21.6 Å². The van der Waals surface area contributed by atoms with Crippen LogP contribution in [0.1, 0.15) is 28.8 Å². The zero-order valence-corrected chi connectivity index (χ0v) is 16.1. The molecule has 2 amide bonds. The maximum absolute atomic E-state index is 12.4. The highest BCUT2D eigenvalue weighted by molar-refractivity contribution is 6.30. The van der Waals surface area contributed by atoms with Crippen LogP contribution < -0.4 is 10.6 Å². The van der Waals surface area contributed by atoms with Crippen LogP contribution in [0.25, 0.3) is 0 Å². The van der Waals surface area contributed by atoms with Gasteiger partial charge in [0.2, 0.25) is 5.91 Å². The van der Waals surface area contributed by atoms with Gasteiger partial charge in [0.15, 0.2) is 0 Å². The molecule has 0 saturated carbocycles. The molecule has 0 unspecified atom stereocenters. The zero-order valence-electron chi connectivity index (χ0n) is 15.4. The van der Waals surface area contributed by atoms with Gasteiger partial charge in [0, 0.05) is 35.8 Å². The second-order valence-corrected chi connectivity index (χ2v) is 7.26. The van der Waals surface area contributed by atoms with E-state index in [-0.39, 0.29) is 17.7 Å². The van der Waals surface area contributed by atoms with Crippen LogP contribution in [0, 0.1) is 5.92 Å². The molecule has 2 aromatic carbocycles. The fourth-order valence-corrected chi connectivity index (χ4v) is 3.49. The molecule has 1 aliphatic heterocycles. The van der Waals surface area contributed by atoms with Crippen LogP contribution in [0.15, 0.2) is 48.5 Å². The molecule has 27 heavy (non-hydrogen) atoms. The minimum atomic E-state index is -0.157. The lowest BCUT2D eigenvalue weighted by Gasteiger charge is -2.31. The third-order valence-electron chi connectivity index (χ3n) is 4.90. The van der Waals surface area contributed by atoms with Gasteiger partial charge in [-0.1, -0.05) is 23.7 Å². The van der Waals surface area contributed by atoms with Crippen LogP contribution in [0.3, 0.4) is 0 Å². The molecule has 0 aliphatic carbocycles. The molecule has 2 aromatic rings. The van der Waals surface area contributed by atoms with Crippen molar-refractivity contribution in [1.29, 1.82) is 0 Å². The van der Waals surface area contributed by atoms with Crippen LogP contribution >= 0.6 is 11.6 Å². The van der Waals surface area contributed by atoms with Crippen molar-refractivity contribution in [2.45, 2.75) is 19.4 Å². The summed E-state index contributed by atoms with van der Waals surface area (Å²) in [7, 11) is 1.69. The van der Waals surface area contributed by atoms with E-state index in [0.717, 1.165) is 43.7 Å². The van der Waals surface area contributed by atoms with Crippen LogP contribution in [-0.4, -0.2) is 36.9 Å². The summed E-state index contributed by atoms with van der Waals surface area (Å²) in [4.78, 5) is 26.4. The first-order chi connectivity index (χ1) is 13.0. The number of anilines is 1. The molecule has 142 valence electrons. The summed E-state index contributed by atoms with van der Waals surface area (Å²) in [5.74, 6) is 0.105. The van der Waals surface area contributed by atoms with Gasteiger partial charge in [0.1, 0.15) is 0 Å². The average molecular weight is 386 g/mol. The molecular formula is C21H24ClN3O2. The monoisotopic (exact) mass is 385 g/mol. The molecule has 0 aromatic heterocycles. The van der Waals surface area contributed by atoms with E-state index >= 15 is 0 Å². The van der Waals surface area contributed by atoms with E-state index in [0.29, 0.717) is 10.6 Å². The lowest BCUT2D eigenvalue weighted by Crippen LogP contribution is -2.39. The Bertz CT molecular complexity index is 799. The number of likely N-dealkylation sites (tertiary alicyclic amines) is 1. The van der Waals surface area contributed by atoms with Crippen LogP contribution in [0.2, 0.25) is 5.02 Å². The van der Waals surface area contributed by atoms with Crippen molar-refractivity contribution in [1.82, 2.24) is 10.2 Å². The van der Waals surface area contributed by atoms with Gasteiger partial charge in [-0.05, 0) is 67.9 Å². The average Bonchev–Trinajstić information content (AvgIpc) is 2.68. The molecular weight excluding hydrogens is 362 g/mol. The van der Waals surface area contributed by atoms with Gasteiger partial charge in [0.25, 0.3) is 5.91 Å². The maximum atomic E-state index is 12.4. The maximum Gasteiger partial charge on any atom is 0.255 e. The van der Waals surface area contributed by atoms with E-state index in [4.69, 9.17) is 11.6 Å². The fraction of sp³-hybridized carbons (Fsp3) is 0.333. The first-order valence-electron chi connectivity index (χ1n) is 9.15. The summed E-state index contributed by atoms with van der Waals surface area (Å²) in [5, 5.41) is 6.27. The molecule has 0 atom stereocenters. The van der Waals surface area contributed by atoms with Crippen molar-refractivity contribution >= 4 is 29.1 Å². The summed E-state index contributed by atoms with van der Waals surface area (Å²) in [6.45, 7) is 2.62. The predicted molar refractivity (Wildman–Crippen MR) is 108 cm³/mol. The van der Waals surface area contributed by atoms with Gasteiger partial charge >= 0.3 is 0 Å². The van der Waals surface area contributed by atoms with E-state index in [9.17, 15) is 9.59 Å². The van der Waals surface area contributed by atoms with E-state index in [1.54, 1.807) is 31.3 Å². The molecule has 1 heterocycles. The summed E-state index contributed by atoms with van der Waals surface area (Å²) >= 11 is 5.87. The number of rotatable bonds is 5. The normalized spacial score (nSPS) is 15.3. The van der Waals surface area contributed by atoms with E-state index in [1.807, 2.05) is 18.2 Å². The highest BCUT2D eigenvalue weighted by Crippen LogP contribution is 2.20. The number of halogens is 1. The number of piperidine rings is 1. The Kier molecular flexibility index (Phi) is 6.48. The van der Waals surface area contributed by atoms with Crippen molar-refractivity contribution in [2.75, 3.05) is 25.5 Å². The van der Waals surface area contributed by atoms with Crippen molar-refractivity contribution in [3.8, 4) is 0 Å². The minimum Gasteiger partial charge on any atom is -0.359 e. The van der Waals surface area contributed by atoms with Crippen LogP contribution in [0.4, 0.5) is 5.69 Å². The Morgan fingerprint density at radius 1 is 1.11 bits per heavy atom. The summed E-state index contributed by atoms with van der Waals surface area (Å²) in [5.41, 5.74) is 2.48. The van der Waals surface area contributed by atoms with Gasteiger partial charge in [-0.2, -0.15) is 0 Å². The number of carbonyl (C=O) groups is 2. The summed E-state index contributed by atoms with van der Waals surface area (Å²) in [6.07, 6.45) is 1.76. The molecule has 6 heteroatoms. The minimum absolute atomic E-state index is 0.122. The number of hydrogen-bond acceptors (Lipinski definition) is 3. The molecule has 0 radical (unpaired) electrons. The molecule has 3 rings (SSSR count). The van der Waals surface area contributed by atoms with Gasteiger partial charge in [-0.15, -0.1) is 0 Å². The highest BCUT2D eigenvalue weighted by Gasteiger charge is 2.24. The smallest absolute Gasteiger partial charge is 0.255 e. The highest BCUT2D eigenvalue weighted by atomic mass is 35.5. The molecule has 5 nitrogen and oxygen atoms in total. The van der Waals surface area contributed by atoms with E-state index in [1.165, 1.54) is 0 Å². The molecule has 2 N–H and O–H groups in total. The van der Waals surface area contributed by atoms with Gasteiger partial charge < -0.3 is 10.6 Å². The quantitative estimate of drug-likeness (QED) is 0.827. The number of benzene rings is 2. The molecule has 1 aliphatic rings. The first-order valence-corrected chi connectivity index (χ1v) is 9.53. The number of hydrogen-bond donors (Lipinski definition) is 2. The first kappa shape index (κ1) is 19.4. The number of nitrogens with one attached hydrogen (secondary N) is 2. The van der Waals surface area contributed by atoms with Gasteiger partial charge in [0.05, 0.1) is 0 Å². The Labute approximate surface area is 164 Å². The van der Waals surface area contributed by atoms with Crippen LogP contribution in [-0.2, 0) is 11.3 Å². The standard InChI is InChI=1S/C21H24ClN3O2/c1-23-20(26)17-9-11-25(12-10-17)14-15-3-2-4-19(13-15)24-21(27)16-5-7-18(22)8-6-16/h2-8,13,17H,9-12,14H2,1H3,(H,23,26)(H,24,27). The topological polar surface area (TPSA) is 61.4 Å². The van der Waals surface area contributed by atoms with Gasteiger partial charge in [-0.25, -0.2) is 0 Å². The summed E-state index contributed by atoms with van der Waals surface area (Å²) < 4.78 is 0. The Hall–Kier alpha value is -2.37. The third kappa shape index (κ3) is 5.31. The number of amides is 2. The van der Waals surface area contributed by atoms with Crippen molar-refractivity contribution in [3.05, 3.63) is 64.7 Å². The van der Waals surface area contributed by atoms with Crippen molar-refractivity contribution in [3.63, 3.8) is 0 Å². The van der Waals surface area contributed by atoms with Crippen molar-refractivity contribution in [2.24, 2.45) is 5.92 Å². The SMILES string of the molecule is CNC(=O)C1CCN(Cc2cccc(NC(=O)c3ccc(Cl)cc3)c2)CC1. The molecule has 1 fully saturated rings. The third-order valence-corrected chi connectivity index (χ3v) is 5.15. The molecule has 0 spiro atoms. The lowest BCUT2D eigenvalue weighted by atomic mass is 9.95. The van der Waals surface area contributed by atoms with Crippen molar-refractivity contribution < 1.29 is 9.59 Å². The molecule has 0 bridgehead atoms. The van der Waals surface area contributed by atoms with E-state index < -0.39 is 0 Å². The fourth-order valence-electron chi connectivity index (χ4n) is 3.37. The lowest BCUT2D eigenvalue weighted by molar-refractivity contribution is -0.125. The zero-order chi connectivity index (χ0) is 19.2. The second kappa shape index (κ2) is 9.02.